The Morgan fingerprint density at radius 1 is 0.900 bits per heavy atom. The quantitative estimate of drug-likeness (QED) is 0.536. The maximum absolute atomic E-state index is 9.48. The van der Waals surface area contributed by atoms with Crippen LogP contribution < -0.4 is 0 Å². The first kappa shape index (κ1) is 19.1. The van der Waals surface area contributed by atoms with Crippen molar-refractivity contribution in [2.24, 2.45) is 0 Å². The molecule has 0 aromatic heterocycles. The molecule has 0 saturated carbocycles. The lowest BCUT2D eigenvalue weighted by molar-refractivity contribution is 0.271. The molecule has 0 fully saturated rings. The van der Waals surface area contributed by atoms with Gasteiger partial charge in [0.1, 0.15) is 0 Å². The molecule has 0 saturated heterocycles. The number of nitrogens with zero attached hydrogens (tertiary/aromatic N) is 1. The molecule has 1 aromatic carbocycles. The summed E-state index contributed by atoms with van der Waals surface area (Å²) in [5.41, 5.74) is 1.08. The average molecular weight is 302 g/mol. The van der Waals surface area contributed by atoms with E-state index in [4.69, 9.17) is 0 Å². The number of unbranched alkanes of at least 4 members (excludes halogenated alkanes) is 2. The Morgan fingerprint density at radius 2 is 1.65 bits per heavy atom. The molecule has 3 nitrogen and oxygen atoms in total. The normalized spacial score (nSPS) is 10.6. The maximum atomic E-state index is 9.48. The third-order valence-corrected chi connectivity index (χ3v) is 3.37. The van der Waals surface area contributed by atoms with Crippen LogP contribution in [0.15, 0.2) is 18.2 Å². The van der Waals surface area contributed by atoms with Crippen LogP contribution >= 0.6 is 12.4 Å². The third kappa shape index (κ3) is 7.01. The van der Waals surface area contributed by atoms with Crippen molar-refractivity contribution in [1.29, 1.82) is 0 Å². The highest BCUT2D eigenvalue weighted by atomic mass is 35.5. The van der Waals surface area contributed by atoms with E-state index in [1.165, 1.54) is 25.7 Å². The van der Waals surface area contributed by atoms with Gasteiger partial charge in [-0.2, -0.15) is 0 Å². The Bertz CT molecular complexity index is 371. The number of phenols is 2. The largest absolute Gasteiger partial charge is 0.504 e. The molecule has 1 aromatic rings. The molecule has 0 unspecified atom stereocenters. The topological polar surface area (TPSA) is 43.7 Å². The molecule has 20 heavy (non-hydrogen) atoms. The Kier molecular flexibility index (Phi) is 10.3. The molecule has 0 radical (unpaired) electrons. The van der Waals surface area contributed by atoms with Gasteiger partial charge in [-0.3, -0.25) is 0 Å². The van der Waals surface area contributed by atoms with Crippen LogP contribution in [-0.2, 0) is 6.42 Å². The van der Waals surface area contributed by atoms with Crippen LogP contribution in [0.5, 0.6) is 11.5 Å². The number of hydrogen-bond donors (Lipinski definition) is 2. The van der Waals surface area contributed by atoms with E-state index >= 15 is 0 Å². The van der Waals surface area contributed by atoms with Crippen molar-refractivity contribution in [1.82, 2.24) is 4.90 Å². The van der Waals surface area contributed by atoms with Gasteiger partial charge in [0, 0.05) is 6.54 Å². The van der Waals surface area contributed by atoms with Crippen molar-refractivity contribution >= 4 is 12.4 Å². The van der Waals surface area contributed by atoms with Gasteiger partial charge < -0.3 is 15.1 Å². The first-order chi connectivity index (χ1) is 9.17. The van der Waals surface area contributed by atoms with Crippen molar-refractivity contribution in [3.63, 3.8) is 0 Å². The smallest absolute Gasteiger partial charge is 0.157 e. The van der Waals surface area contributed by atoms with Crippen LogP contribution in [0.4, 0.5) is 0 Å². The second kappa shape index (κ2) is 10.8. The predicted molar refractivity (Wildman–Crippen MR) is 87.0 cm³/mol. The number of hydrogen-bond acceptors (Lipinski definition) is 3. The highest BCUT2D eigenvalue weighted by Gasteiger charge is 2.05. The lowest BCUT2D eigenvalue weighted by Gasteiger charge is -2.21. The average Bonchev–Trinajstić information content (AvgIpc) is 2.40. The fourth-order valence-electron chi connectivity index (χ4n) is 2.25. The summed E-state index contributed by atoms with van der Waals surface area (Å²) in [6, 6.07) is 5.10. The van der Waals surface area contributed by atoms with Crippen LogP contribution in [-0.4, -0.2) is 34.7 Å². The van der Waals surface area contributed by atoms with Gasteiger partial charge in [0.15, 0.2) is 11.5 Å². The zero-order valence-electron chi connectivity index (χ0n) is 12.6. The highest BCUT2D eigenvalue weighted by molar-refractivity contribution is 5.85. The lowest BCUT2D eigenvalue weighted by Crippen LogP contribution is -2.28. The molecule has 1 rings (SSSR count). The second-order valence-corrected chi connectivity index (χ2v) is 5.12. The summed E-state index contributed by atoms with van der Waals surface area (Å²) in [6.45, 7) is 7.74. The van der Waals surface area contributed by atoms with Crippen molar-refractivity contribution in [2.45, 2.75) is 46.0 Å². The monoisotopic (exact) mass is 301 g/mol. The Hall–Kier alpha value is -0.930. The minimum Gasteiger partial charge on any atom is -0.504 e. The fourth-order valence-corrected chi connectivity index (χ4v) is 2.25. The van der Waals surface area contributed by atoms with E-state index in [1.54, 1.807) is 12.1 Å². The minimum absolute atomic E-state index is 0. The van der Waals surface area contributed by atoms with Gasteiger partial charge in [-0.25, -0.2) is 0 Å². The van der Waals surface area contributed by atoms with Crippen molar-refractivity contribution < 1.29 is 10.2 Å². The van der Waals surface area contributed by atoms with Crippen LogP contribution in [0, 0.1) is 0 Å². The van der Waals surface area contributed by atoms with Crippen LogP contribution in [0.2, 0.25) is 0 Å². The Morgan fingerprint density at radius 3 is 2.25 bits per heavy atom. The third-order valence-electron chi connectivity index (χ3n) is 3.37. The first-order valence-corrected chi connectivity index (χ1v) is 7.40. The molecular formula is C16H28ClNO2. The van der Waals surface area contributed by atoms with Gasteiger partial charge in [0.2, 0.25) is 0 Å². The molecule has 0 amide bonds. The van der Waals surface area contributed by atoms with Crippen molar-refractivity contribution in [3.8, 4) is 11.5 Å². The minimum atomic E-state index is -0.0443. The summed E-state index contributed by atoms with van der Waals surface area (Å²) in [4.78, 5) is 2.49. The van der Waals surface area contributed by atoms with E-state index in [0.717, 1.165) is 31.6 Å². The Labute approximate surface area is 129 Å². The molecule has 4 heteroatoms. The standard InChI is InChI=1S/C16H27NO2.ClH/c1-3-5-6-11-17(10-4-2)12-9-14-7-8-15(18)16(19)13-14;/h7-8,13,18-19H,3-6,9-12H2,1-2H3;1H. The van der Waals surface area contributed by atoms with Crippen molar-refractivity contribution in [2.75, 3.05) is 19.6 Å². The molecule has 0 heterocycles. The zero-order valence-corrected chi connectivity index (χ0v) is 13.5. The molecule has 0 atom stereocenters. The van der Waals surface area contributed by atoms with E-state index < -0.39 is 0 Å². The molecule has 2 N–H and O–H groups in total. The second-order valence-electron chi connectivity index (χ2n) is 5.12. The molecular weight excluding hydrogens is 274 g/mol. The zero-order chi connectivity index (χ0) is 14.1. The van der Waals surface area contributed by atoms with Crippen LogP contribution in [0.25, 0.3) is 0 Å². The van der Waals surface area contributed by atoms with Crippen LogP contribution in [0.3, 0.4) is 0 Å². The summed E-state index contributed by atoms with van der Waals surface area (Å²) in [5.74, 6) is -0.0670. The summed E-state index contributed by atoms with van der Waals surface area (Å²) in [5, 5.41) is 18.8. The summed E-state index contributed by atoms with van der Waals surface area (Å²) in [7, 11) is 0. The Balaban J connectivity index is 0.00000361. The molecule has 0 aliphatic heterocycles. The van der Waals surface area contributed by atoms with Crippen molar-refractivity contribution in [3.05, 3.63) is 23.8 Å². The maximum Gasteiger partial charge on any atom is 0.157 e. The predicted octanol–water partition coefficient (Wildman–Crippen LogP) is 3.96. The van der Waals surface area contributed by atoms with E-state index in [-0.39, 0.29) is 23.9 Å². The number of phenolic OH excluding ortho intramolecular Hbond substituents is 2. The number of halogens is 1. The number of aromatic hydroxyl groups is 2. The van der Waals surface area contributed by atoms with Crippen LogP contribution in [0.1, 0.15) is 45.1 Å². The molecule has 0 spiro atoms. The van der Waals surface area contributed by atoms with E-state index in [0.29, 0.717) is 0 Å². The molecule has 0 bridgehead atoms. The van der Waals surface area contributed by atoms with Gasteiger partial charge in [0.05, 0.1) is 0 Å². The molecule has 0 aliphatic carbocycles. The van der Waals surface area contributed by atoms with Gasteiger partial charge in [0.25, 0.3) is 0 Å². The summed E-state index contributed by atoms with van der Waals surface area (Å²) >= 11 is 0. The van der Waals surface area contributed by atoms with Gasteiger partial charge in [-0.15, -0.1) is 12.4 Å². The molecule has 116 valence electrons. The van der Waals surface area contributed by atoms with E-state index in [9.17, 15) is 10.2 Å². The van der Waals surface area contributed by atoms with Gasteiger partial charge in [-0.05, 0) is 50.0 Å². The molecule has 0 aliphatic rings. The van der Waals surface area contributed by atoms with Gasteiger partial charge >= 0.3 is 0 Å². The summed E-state index contributed by atoms with van der Waals surface area (Å²) < 4.78 is 0. The fraction of sp³-hybridized carbons (Fsp3) is 0.625. The first-order valence-electron chi connectivity index (χ1n) is 7.40. The number of benzene rings is 1. The van der Waals surface area contributed by atoms with Gasteiger partial charge in [-0.1, -0.05) is 32.8 Å². The lowest BCUT2D eigenvalue weighted by atomic mass is 10.1. The summed E-state index contributed by atoms with van der Waals surface area (Å²) in [6.07, 6.45) is 5.90. The highest BCUT2D eigenvalue weighted by Crippen LogP contribution is 2.25. The number of rotatable bonds is 9. The van der Waals surface area contributed by atoms with E-state index in [2.05, 4.69) is 18.7 Å². The SMILES string of the molecule is CCCCCN(CCC)CCc1ccc(O)c(O)c1.Cl. The van der Waals surface area contributed by atoms with E-state index in [1.807, 2.05) is 6.07 Å².